The highest BCUT2D eigenvalue weighted by atomic mass is 35.5. The highest BCUT2D eigenvalue weighted by Crippen LogP contribution is 2.06. The number of carbonyl (C=O) groups is 1. The second-order valence-corrected chi connectivity index (χ2v) is 3.07. The van der Waals surface area contributed by atoms with E-state index in [-0.39, 0.29) is 23.3 Å². The third kappa shape index (κ3) is 7.77. The summed E-state index contributed by atoms with van der Waals surface area (Å²) in [6.07, 6.45) is 0. The van der Waals surface area contributed by atoms with E-state index in [4.69, 9.17) is 27.9 Å². The first-order valence-corrected chi connectivity index (χ1v) is 3.80. The summed E-state index contributed by atoms with van der Waals surface area (Å²) < 4.78 is 0. The molecule has 11 heavy (non-hydrogen) atoms. The number of aliphatic carboxylic acids is 1. The van der Waals surface area contributed by atoms with Crippen molar-refractivity contribution in [2.45, 2.75) is 5.38 Å². The van der Waals surface area contributed by atoms with Crippen molar-refractivity contribution in [1.29, 1.82) is 5.41 Å². The average Bonchev–Trinajstić information content (AvgIpc) is 1.82. The summed E-state index contributed by atoms with van der Waals surface area (Å²) in [6.45, 7) is 0. The van der Waals surface area contributed by atoms with E-state index in [1.807, 2.05) is 0 Å². The van der Waals surface area contributed by atoms with Crippen molar-refractivity contribution in [3.63, 3.8) is 0 Å². The lowest BCUT2D eigenvalue weighted by Crippen LogP contribution is -2.18. The lowest BCUT2D eigenvalue weighted by Gasteiger charge is -2.00. The number of nitrogens with two attached hydrogens (primary N) is 1. The molecule has 0 amide bonds. The molecule has 0 spiro atoms. The smallest absolute Gasteiger partial charge is 0.322 e. The molecule has 0 heterocycles. The molecule has 7 heteroatoms. The maximum absolute atomic E-state index is 10.1. The van der Waals surface area contributed by atoms with Gasteiger partial charge in [-0.25, -0.2) is 0 Å². The normalized spacial score (nSPS) is 11.4. The van der Waals surface area contributed by atoms with Crippen molar-refractivity contribution in [3.05, 3.63) is 0 Å². The molecule has 0 saturated heterocycles. The Labute approximate surface area is 79.4 Å². The first-order chi connectivity index (χ1) is 4.54. The van der Waals surface area contributed by atoms with E-state index in [0.29, 0.717) is 0 Å². The van der Waals surface area contributed by atoms with Crippen LogP contribution in [-0.2, 0) is 4.79 Å². The number of thioether (sulfide) groups is 1. The Balaban J connectivity index is 0. The predicted molar refractivity (Wildman–Crippen MR) is 48.9 cm³/mol. The number of carboxylic acids is 1. The number of nitrogens with one attached hydrogen (secondary N) is 1. The first-order valence-electron chi connectivity index (χ1n) is 2.37. The zero-order valence-electron chi connectivity index (χ0n) is 5.41. The number of carboxylic acid groups (broad SMARTS) is 1. The number of rotatable bonds is 3. The van der Waals surface area contributed by atoms with Crippen LogP contribution in [0, 0.1) is 5.41 Å². The Kier molecular flexibility index (Phi) is 8.04. The Hall–Kier alpha value is -0.130. The van der Waals surface area contributed by atoms with E-state index in [1.165, 1.54) is 0 Å². The molecule has 4 N–H and O–H groups in total. The summed E-state index contributed by atoms with van der Waals surface area (Å²) >= 11 is 6.20. The third-order valence-electron chi connectivity index (χ3n) is 0.653. The van der Waals surface area contributed by atoms with Gasteiger partial charge in [0.05, 0.1) is 0 Å². The lowest BCUT2D eigenvalue weighted by molar-refractivity contribution is -0.136. The number of alkyl halides is 1. The van der Waals surface area contributed by atoms with Crippen LogP contribution in [-0.4, -0.2) is 27.4 Å². The van der Waals surface area contributed by atoms with Gasteiger partial charge >= 0.3 is 5.97 Å². The molecule has 0 aliphatic rings. The fraction of sp³-hybridized carbons (Fsp3) is 0.500. The lowest BCUT2D eigenvalue weighted by atomic mass is 10.5. The summed E-state index contributed by atoms with van der Waals surface area (Å²) in [4.78, 5) is 10.1. The highest BCUT2D eigenvalue weighted by Gasteiger charge is 2.13. The Bertz CT molecular complexity index is 155. The topological polar surface area (TPSA) is 87.2 Å². The minimum absolute atomic E-state index is 0. The van der Waals surface area contributed by atoms with Crippen LogP contribution in [0.3, 0.4) is 0 Å². The van der Waals surface area contributed by atoms with Crippen molar-refractivity contribution in [1.82, 2.24) is 0 Å². The summed E-state index contributed by atoms with van der Waals surface area (Å²) in [5.74, 6) is -0.956. The van der Waals surface area contributed by atoms with E-state index >= 15 is 0 Å². The quantitative estimate of drug-likeness (QED) is 0.371. The van der Waals surface area contributed by atoms with Gasteiger partial charge < -0.3 is 10.8 Å². The molecule has 0 aromatic heterocycles. The largest absolute Gasteiger partial charge is 0.480 e. The maximum atomic E-state index is 10.1. The molecule has 0 aliphatic carbocycles. The van der Waals surface area contributed by atoms with Gasteiger partial charge in [0.25, 0.3) is 0 Å². The maximum Gasteiger partial charge on any atom is 0.322 e. The molecule has 0 bridgehead atoms. The van der Waals surface area contributed by atoms with Gasteiger partial charge in [0.15, 0.2) is 5.17 Å². The summed E-state index contributed by atoms with van der Waals surface area (Å²) in [6, 6.07) is 0. The van der Waals surface area contributed by atoms with Crippen LogP contribution in [0.4, 0.5) is 0 Å². The Morgan fingerprint density at radius 3 is 2.55 bits per heavy atom. The zero-order chi connectivity index (χ0) is 8.15. The standard InChI is InChI=1S/C4H7ClN2O2S.ClH/c5-2(3(8)9)1-10-4(6)7;/h2H,1H2,(H3,6,7)(H,8,9);1H. The second kappa shape index (κ2) is 6.57. The van der Waals surface area contributed by atoms with Gasteiger partial charge in [-0.1, -0.05) is 11.8 Å². The van der Waals surface area contributed by atoms with Crippen LogP contribution < -0.4 is 5.73 Å². The van der Waals surface area contributed by atoms with Crippen molar-refractivity contribution in [2.75, 3.05) is 5.75 Å². The Morgan fingerprint density at radius 2 is 2.27 bits per heavy atom. The van der Waals surface area contributed by atoms with Gasteiger partial charge in [-0.15, -0.1) is 24.0 Å². The average molecular weight is 219 g/mol. The van der Waals surface area contributed by atoms with E-state index in [2.05, 4.69) is 0 Å². The van der Waals surface area contributed by atoms with Gasteiger partial charge in [-0.3, -0.25) is 10.2 Å². The predicted octanol–water partition coefficient (Wildman–Crippen LogP) is 0.727. The molecule has 0 saturated carbocycles. The van der Waals surface area contributed by atoms with Gasteiger partial charge in [0.1, 0.15) is 5.38 Å². The molecule has 0 rings (SSSR count). The molecule has 0 aliphatic heterocycles. The molecule has 66 valence electrons. The van der Waals surface area contributed by atoms with Crippen molar-refractivity contribution < 1.29 is 9.90 Å². The van der Waals surface area contributed by atoms with Crippen LogP contribution in [0.15, 0.2) is 0 Å². The molecule has 1 atom stereocenters. The van der Waals surface area contributed by atoms with E-state index < -0.39 is 11.3 Å². The van der Waals surface area contributed by atoms with Crippen LogP contribution in [0.2, 0.25) is 0 Å². The first kappa shape index (κ1) is 13.5. The van der Waals surface area contributed by atoms with Gasteiger partial charge in [0, 0.05) is 5.75 Å². The van der Waals surface area contributed by atoms with E-state index in [9.17, 15) is 4.79 Å². The second-order valence-electron chi connectivity index (χ2n) is 1.48. The van der Waals surface area contributed by atoms with Crippen molar-refractivity contribution in [3.8, 4) is 0 Å². The molecule has 0 aromatic carbocycles. The summed E-state index contributed by atoms with van der Waals surface area (Å²) in [7, 11) is 0. The molecular weight excluding hydrogens is 211 g/mol. The van der Waals surface area contributed by atoms with Gasteiger partial charge in [-0.05, 0) is 0 Å². The van der Waals surface area contributed by atoms with Crippen LogP contribution in [0.5, 0.6) is 0 Å². The summed E-state index contributed by atoms with van der Waals surface area (Å²) in [5.41, 5.74) is 4.94. The number of hydrogen-bond acceptors (Lipinski definition) is 3. The fourth-order valence-corrected chi connectivity index (χ4v) is 0.892. The molecule has 0 radical (unpaired) electrons. The molecule has 4 nitrogen and oxygen atoms in total. The van der Waals surface area contributed by atoms with Crippen LogP contribution in [0.25, 0.3) is 0 Å². The highest BCUT2D eigenvalue weighted by molar-refractivity contribution is 8.13. The van der Waals surface area contributed by atoms with E-state index in [0.717, 1.165) is 11.8 Å². The molecular formula is C4H8Cl2N2O2S. The number of halogens is 2. The number of amidine groups is 1. The molecule has 1 unspecified atom stereocenters. The van der Waals surface area contributed by atoms with Gasteiger partial charge in [0.2, 0.25) is 0 Å². The SMILES string of the molecule is Cl.N=C(N)SCC(Cl)C(=O)O. The summed E-state index contributed by atoms with van der Waals surface area (Å²) in [5, 5.41) is 13.9. The molecule has 0 aromatic rings. The number of hydrogen-bond donors (Lipinski definition) is 3. The third-order valence-corrected chi connectivity index (χ3v) is 1.99. The Morgan fingerprint density at radius 1 is 1.82 bits per heavy atom. The van der Waals surface area contributed by atoms with E-state index in [1.54, 1.807) is 0 Å². The minimum atomic E-state index is -1.09. The fourth-order valence-electron chi connectivity index (χ4n) is 0.234. The van der Waals surface area contributed by atoms with Crippen LogP contribution in [0.1, 0.15) is 0 Å². The minimum Gasteiger partial charge on any atom is -0.480 e. The molecule has 0 fully saturated rings. The van der Waals surface area contributed by atoms with Crippen LogP contribution >= 0.6 is 35.8 Å². The van der Waals surface area contributed by atoms with Crippen molar-refractivity contribution in [2.24, 2.45) is 5.73 Å². The monoisotopic (exact) mass is 218 g/mol. The van der Waals surface area contributed by atoms with Crippen molar-refractivity contribution >= 4 is 46.9 Å². The van der Waals surface area contributed by atoms with Gasteiger partial charge in [-0.2, -0.15) is 0 Å². The zero-order valence-corrected chi connectivity index (χ0v) is 7.80.